The van der Waals surface area contributed by atoms with Crippen LogP contribution in [0.15, 0.2) is 42.7 Å². The lowest BCUT2D eigenvalue weighted by molar-refractivity contribution is 0.311. The maximum Gasteiger partial charge on any atom is 0.229 e. The van der Waals surface area contributed by atoms with Crippen LogP contribution in [0.1, 0.15) is 0 Å². The Balaban J connectivity index is 1.70. The minimum absolute atomic E-state index is 0.786. The van der Waals surface area contributed by atoms with Gasteiger partial charge in [0.2, 0.25) is 5.95 Å². The van der Waals surface area contributed by atoms with Crippen molar-refractivity contribution in [2.75, 3.05) is 38.1 Å². The SMILES string of the molecule is CN1CCN(c2nc(-c3cn(C)c4ccccc34)n3nccc3n2)CC1. The Hall–Kier alpha value is -2.93. The molecule has 0 N–H and O–H groups in total. The summed E-state index contributed by atoms with van der Waals surface area (Å²) in [5.41, 5.74) is 3.09. The van der Waals surface area contributed by atoms with E-state index in [1.807, 2.05) is 10.6 Å². The number of aryl methyl sites for hydroxylation is 1. The molecule has 1 aliphatic heterocycles. The summed E-state index contributed by atoms with van der Waals surface area (Å²) in [7, 11) is 4.22. The first-order valence-electron chi connectivity index (χ1n) is 8.90. The molecule has 0 atom stereocenters. The third kappa shape index (κ3) is 2.35. The smallest absolute Gasteiger partial charge is 0.229 e. The van der Waals surface area contributed by atoms with E-state index in [2.05, 4.69) is 64.0 Å². The lowest BCUT2D eigenvalue weighted by Gasteiger charge is -2.32. The summed E-state index contributed by atoms with van der Waals surface area (Å²) in [6.07, 6.45) is 3.91. The fourth-order valence-electron chi connectivity index (χ4n) is 3.66. The predicted octanol–water partition coefficient (Wildman–Crippen LogP) is 2.03. The van der Waals surface area contributed by atoms with Gasteiger partial charge in [0.05, 0.1) is 6.20 Å². The van der Waals surface area contributed by atoms with Crippen LogP contribution in [-0.2, 0) is 7.05 Å². The van der Waals surface area contributed by atoms with Gasteiger partial charge in [0.1, 0.15) is 0 Å². The molecule has 1 saturated heterocycles. The summed E-state index contributed by atoms with van der Waals surface area (Å²) in [5.74, 6) is 1.62. The number of hydrogen-bond acceptors (Lipinski definition) is 5. The molecule has 4 aromatic rings. The average molecular weight is 347 g/mol. The summed E-state index contributed by atoms with van der Waals surface area (Å²) in [6, 6.07) is 10.3. The van der Waals surface area contributed by atoms with Crippen molar-refractivity contribution in [1.82, 2.24) is 29.0 Å². The molecule has 1 fully saturated rings. The maximum absolute atomic E-state index is 4.94. The van der Waals surface area contributed by atoms with Gasteiger partial charge >= 0.3 is 0 Å². The third-order valence-electron chi connectivity index (χ3n) is 5.17. The molecule has 0 spiro atoms. The molecule has 26 heavy (non-hydrogen) atoms. The molecular weight excluding hydrogens is 326 g/mol. The molecule has 3 aromatic heterocycles. The normalized spacial score (nSPS) is 16.0. The first kappa shape index (κ1) is 15.3. The zero-order valence-electron chi connectivity index (χ0n) is 15.0. The molecule has 0 saturated carbocycles. The number of piperazine rings is 1. The van der Waals surface area contributed by atoms with Gasteiger partial charge in [-0.3, -0.25) is 0 Å². The van der Waals surface area contributed by atoms with Crippen LogP contribution in [0.2, 0.25) is 0 Å². The molecule has 132 valence electrons. The average Bonchev–Trinajstić information content (AvgIpc) is 3.27. The van der Waals surface area contributed by atoms with E-state index in [9.17, 15) is 0 Å². The number of fused-ring (bicyclic) bond motifs is 2. The number of aromatic nitrogens is 5. The Labute approximate surface area is 151 Å². The second kappa shape index (κ2) is 5.81. The standard InChI is InChI=1S/C19H21N7/c1-23-9-11-25(12-10-23)19-21-17-7-8-20-26(17)18(22-19)15-13-24(2)16-6-4-3-5-14(15)16/h3-8,13H,9-12H2,1-2H3. The molecule has 0 radical (unpaired) electrons. The Morgan fingerprint density at radius 1 is 0.923 bits per heavy atom. The number of benzene rings is 1. The fourth-order valence-corrected chi connectivity index (χ4v) is 3.66. The molecule has 5 rings (SSSR count). The molecule has 0 amide bonds. The van der Waals surface area contributed by atoms with Crippen LogP contribution in [-0.4, -0.2) is 62.3 Å². The molecule has 7 nitrogen and oxygen atoms in total. The lowest BCUT2D eigenvalue weighted by atomic mass is 10.1. The predicted molar refractivity (Wildman–Crippen MR) is 102 cm³/mol. The molecule has 0 unspecified atom stereocenters. The summed E-state index contributed by atoms with van der Waals surface area (Å²) in [5, 5.41) is 5.64. The van der Waals surface area contributed by atoms with Gasteiger partial charge in [-0.1, -0.05) is 18.2 Å². The van der Waals surface area contributed by atoms with Crippen molar-refractivity contribution in [2.24, 2.45) is 7.05 Å². The Bertz CT molecular complexity index is 1090. The highest BCUT2D eigenvalue weighted by Crippen LogP contribution is 2.30. The van der Waals surface area contributed by atoms with Crippen molar-refractivity contribution in [1.29, 1.82) is 0 Å². The summed E-state index contributed by atoms with van der Waals surface area (Å²) in [4.78, 5) is 14.3. The van der Waals surface area contributed by atoms with Crippen LogP contribution in [0, 0.1) is 0 Å². The lowest BCUT2D eigenvalue weighted by Crippen LogP contribution is -2.45. The van der Waals surface area contributed by atoms with Gasteiger partial charge < -0.3 is 14.4 Å². The second-order valence-corrected chi connectivity index (χ2v) is 6.91. The first-order valence-corrected chi connectivity index (χ1v) is 8.90. The number of para-hydroxylation sites is 1. The number of anilines is 1. The van der Waals surface area contributed by atoms with Crippen molar-refractivity contribution in [2.45, 2.75) is 0 Å². The molecule has 7 heteroatoms. The van der Waals surface area contributed by atoms with Crippen LogP contribution in [0.25, 0.3) is 27.9 Å². The summed E-state index contributed by atoms with van der Waals surface area (Å²) in [6.45, 7) is 3.93. The van der Waals surface area contributed by atoms with Crippen LogP contribution < -0.4 is 4.90 Å². The molecule has 4 heterocycles. The highest BCUT2D eigenvalue weighted by atomic mass is 15.4. The highest BCUT2D eigenvalue weighted by Gasteiger charge is 2.21. The fraction of sp³-hybridized carbons (Fsp3) is 0.316. The zero-order valence-corrected chi connectivity index (χ0v) is 15.0. The van der Waals surface area contributed by atoms with Crippen LogP contribution >= 0.6 is 0 Å². The summed E-state index contributed by atoms with van der Waals surface area (Å²) < 4.78 is 3.97. The van der Waals surface area contributed by atoms with E-state index in [4.69, 9.17) is 9.97 Å². The summed E-state index contributed by atoms with van der Waals surface area (Å²) >= 11 is 0. The molecule has 1 aromatic carbocycles. The van der Waals surface area contributed by atoms with E-state index in [1.165, 1.54) is 10.9 Å². The van der Waals surface area contributed by atoms with Crippen LogP contribution in [0.5, 0.6) is 0 Å². The van der Waals surface area contributed by atoms with Crippen molar-refractivity contribution < 1.29 is 0 Å². The van der Waals surface area contributed by atoms with E-state index < -0.39 is 0 Å². The van der Waals surface area contributed by atoms with Crippen molar-refractivity contribution >= 4 is 22.5 Å². The number of hydrogen-bond donors (Lipinski definition) is 0. The van der Waals surface area contributed by atoms with Gasteiger partial charge in [0.25, 0.3) is 0 Å². The van der Waals surface area contributed by atoms with E-state index in [0.717, 1.165) is 49.2 Å². The second-order valence-electron chi connectivity index (χ2n) is 6.91. The first-order chi connectivity index (χ1) is 12.7. The van der Waals surface area contributed by atoms with Gasteiger partial charge in [0, 0.05) is 62.0 Å². The molecular formula is C19H21N7. The largest absolute Gasteiger partial charge is 0.350 e. The van der Waals surface area contributed by atoms with Crippen LogP contribution in [0.4, 0.5) is 5.95 Å². The maximum atomic E-state index is 4.94. The van der Waals surface area contributed by atoms with Gasteiger partial charge in [-0.2, -0.15) is 19.6 Å². The Morgan fingerprint density at radius 3 is 2.58 bits per heavy atom. The van der Waals surface area contributed by atoms with E-state index in [1.54, 1.807) is 6.20 Å². The van der Waals surface area contributed by atoms with Crippen LogP contribution in [0.3, 0.4) is 0 Å². The van der Waals surface area contributed by atoms with Gasteiger partial charge in [-0.25, -0.2) is 0 Å². The van der Waals surface area contributed by atoms with E-state index >= 15 is 0 Å². The molecule has 0 aliphatic carbocycles. The van der Waals surface area contributed by atoms with Gasteiger partial charge in [-0.05, 0) is 13.1 Å². The minimum atomic E-state index is 0.786. The topological polar surface area (TPSA) is 54.5 Å². The Kier molecular flexibility index (Phi) is 3.43. The van der Waals surface area contributed by atoms with Crippen molar-refractivity contribution in [3.05, 3.63) is 42.7 Å². The Morgan fingerprint density at radius 2 is 1.73 bits per heavy atom. The number of nitrogens with zero attached hydrogens (tertiary/aromatic N) is 7. The van der Waals surface area contributed by atoms with Gasteiger partial charge in [-0.15, -0.1) is 0 Å². The zero-order chi connectivity index (χ0) is 17.7. The quantitative estimate of drug-likeness (QED) is 0.555. The number of likely N-dealkylation sites (N-methyl/N-ethyl adjacent to an activating group) is 1. The van der Waals surface area contributed by atoms with E-state index in [0.29, 0.717) is 0 Å². The molecule has 0 bridgehead atoms. The monoisotopic (exact) mass is 347 g/mol. The van der Waals surface area contributed by atoms with Crippen molar-refractivity contribution in [3.63, 3.8) is 0 Å². The van der Waals surface area contributed by atoms with Gasteiger partial charge in [0.15, 0.2) is 11.5 Å². The highest BCUT2D eigenvalue weighted by molar-refractivity contribution is 5.94. The van der Waals surface area contributed by atoms with E-state index in [-0.39, 0.29) is 0 Å². The van der Waals surface area contributed by atoms with Crippen molar-refractivity contribution in [3.8, 4) is 11.4 Å². The third-order valence-corrected chi connectivity index (χ3v) is 5.17. The number of rotatable bonds is 2. The minimum Gasteiger partial charge on any atom is -0.350 e. The molecule has 1 aliphatic rings.